The van der Waals surface area contributed by atoms with Crippen LogP contribution in [0.5, 0.6) is 5.75 Å². The molecule has 0 spiro atoms. The molecule has 1 amide bonds. The summed E-state index contributed by atoms with van der Waals surface area (Å²) in [6.45, 7) is 0. The lowest BCUT2D eigenvalue weighted by atomic mass is 10.0. The topological polar surface area (TPSA) is 102 Å². The summed E-state index contributed by atoms with van der Waals surface area (Å²) in [5, 5.41) is 2.86. The van der Waals surface area contributed by atoms with E-state index in [2.05, 4.69) is 15.0 Å². The Balaban J connectivity index is 1.66. The van der Waals surface area contributed by atoms with Crippen molar-refractivity contribution in [2.75, 3.05) is 7.11 Å². The maximum absolute atomic E-state index is 13.9. The normalized spacial score (nSPS) is 15.3. The molecule has 180 valence electrons. The molecule has 0 radical (unpaired) electrons. The zero-order valence-corrected chi connectivity index (χ0v) is 19.8. The number of methoxy groups -OCH3 is 1. The molecule has 1 unspecified atom stereocenters. The minimum atomic E-state index is -3.90. The summed E-state index contributed by atoms with van der Waals surface area (Å²) in [6.07, 6.45) is 6.81. The highest BCUT2D eigenvalue weighted by Gasteiger charge is 2.28. The molecular weight excluding hydrogens is 459 g/mol. The second-order valence-corrected chi connectivity index (χ2v) is 10.0. The van der Waals surface area contributed by atoms with Crippen LogP contribution in [0.15, 0.2) is 59.8 Å². The molecule has 3 aromatic rings. The van der Waals surface area contributed by atoms with E-state index >= 15 is 0 Å². The van der Waals surface area contributed by atoms with E-state index in [4.69, 9.17) is 4.74 Å². The van der Waals surface area contributed by atoms with Gasteiger partial charge in [-0.25, -0.2) is 22.5 Å². The summed E-state index contributed by atoms with van der Waals surface area (Å²) in [6, 6.07) is 9.26. The maximum Gasteiger partial charge on any atom is 0.252 e. The van der Waals surface area contributed by atoms with Gasteiger partial charge in [-0.2, -0.15) is 0 Å². The van der Waals surface area contributed by atoms with Crippen LogP contribution in [0.25, 0.3) is 0 Å². The van der Waals surface area contributed by atoms with Gasteiger partial charge in [0.2, 0.25) is 10.0 Å². The minimum Gasteiger partial charge on any atom is -0.495 e. The van der Waals surface area contributed by atoms with Crippen LogP contribution in [0, 0.1) is 5.82 Å². The van der Waals surface area contributed by atoms with E-state index < -0.39 is 27.8 Å². The predicted octanol–water partition coefficient (Wildman–Crippen LogP) is 3.31. The van der Waals surface area contributed by atoms with Gasteiger partial charge >= 0.3 is 0 Å². The lowest BCUT2D eigenvalue weighted by Gasteiger charge is -2.20. The molecule has 4 rings (SSSR count). The average Bonchev–Trinajstić information content (AvgIpc) is 3.48. The SMILES string of the molecule is COc1ccc(C(=O)NC(c2cccc(F)c2)c2nccn2C)cc1S(=O)(=O)NC1CCCC1. The number of hydrogen-bond donors (Lipinski definition) is 2. The van der Waals surface area contributed by atoms with Crippen molar-refractivity contribution in [2.24, 2.45) is 7.05 Å². The Morgan fingerprint density at radius 2 is 1.97 bits per heavy atom. The van der Waals surface area contributed by atoms with Gasteiger partial charge in [0.05, 0.1) is 7.11 Å². The second-order valence-electron chi connectivity index (χ2n) is 8.33. The number of nitrogens with one attached hydrogen (secondary N) is 2. The van der Waals surface area contributed by atoms with Crippen LogP contribution in [-0.4, -0.2) is 37.0 Å². The Morgan fingerprint density at radius 1 is 1.21 bits per heavy atom. The van der Waals surface area contributed by atoms with E-state index in [1.54, 1.807) is 36.1 Å². The number of nitrogens with zero attached hydrogens (tertiary/aromatic N) is 2. The van der Waals surface area contributed by atoms with Gasteiger partial charge in [0.15, 0.2) is 0 Å². The van der Waals surface area contributed by atoms with Gasteiger partial charge in [-0.05, 0) is 48.7 Å². The molecule has 1 aliphatic carbocycles. The smallest absolute Gasteiger partial charge is 0.252 e. The standard InChI is InChI=1S/C24H27FN4O4S/c1-29-13-12-26-23(29)22(16-6-5-7-18(25)14-16)27-24(30)17-10-11-20(33-2)21(15-17)34(31,32)28-19-8-3-4-9-19/h5-7,10-15,19,22,28H,3-4,8-9H2,1-2H3,(H,27,30). The van der Waals surface area contributed by atoms with Gasteiger partial charge in [0, 0.05) is 31.0 Å². The van der Waals surface area contributed by atoms with Crippen LogP contribution in [0.2, 0.25) is 0 Å². The van der Waals surface area contributed by atoms with Crippen LogP contribution in [0.1, 0.15) is 53.5 Å². The Hall–Kier alpha value is -3.24. The van der Waals surface area contributed by atoms with Crippen molar-refractivity contribution in [1.29, 1.82) is 0 Å². The second kappa shape index (κ2) is 9.94. The Labute approximate surface area is 198 Å². The van der Waals surface area contributed by atoms with Gasteiger partial charge in [0.25, 0.3) is 5.91 Å². The number of benzene rings is 2. The largest absolute Gasteiger partial charge is 0.495 e. The molecule has 0 aliphatic heterocycles. The molecule has 1 fully saturated rings. The fourth-order valence-electron chi connectivity index (χ4n) is 4.21. The monoisotopic (exact) mass is 486 g/mol. The first-order valence-electron chi connectivity index (χ1n) is 11.0. The number of ether oxygens (including phenoxy) is 1. The number of carbonyl (C=O) groups is 1. The first-order chi connectivity index (χ1) is 16.3. The Morgan fingerprint density at radius 3 is 2.62 bits per heavy atom. The van der Waals surface area contributed by atoms with Gasteiger partial charge in [-0.1, -0.05) is 25.0 Å². The molecular formula is C24H27FN4O4S. The Kier molecular flexibility index (Phi) is 6.99. The lowest BCUT2D eigenvalue weighted by molar-refractivity contribution is 0.0940. The van der Waals surface area contributed by atoms with Crippen molar-refractivity contribution in [1.82, 2.24) is 19.6 Å². The summed E-state index contributed by atoms with van der Waals surface area (Å²) >= 11 is 0. The van der Waals surface area contributed by atoms with Crippen LogP contribution >= 0.6 is 0 Å². The number of amides is 1. The van der Waals surface area contributed by atoms with Gasteiger partial charge in [-0.3, -0.25) is 4.79 Å². The lowest BCUT2D eigenvalue weighted by Crippen LogP contribution is -2.33. The van der Waals surface area contributed by atoms with Crippen molar-refractivity contribution in [2.45, 2.75) is 42.7 Å². The molecule has 8 nitrogen and oxygen atoms in total. The third-order valence-electron chi connectivity index (χ3n) is 5.97. The van der Waals surface area contributed by atoms with E-state index in [1.165, 1.54) is 37.4 Å². The molecule has 34 heavy (non-hydrogen) atoms. The highest BCUT2D eigenvalue weighted by atomic mass is 32.2. The van der Waals surface area contributed by atoms with E-state index in [9.17, 15) is 17.6 Å². The molecule has 10 heteroatoms. The summed E-state index contributed by atoms with van der Waals surface area (Å²) in [4.78, 5) is 17.5. The molecule has 1 heterocycles. The van der Waals surface area contributed by atoms with E-state index in [0.717, 1.165) is 25.7 Å². The van der Waals surface area contributed by atoms with Crippen LogP contribution in [0.4, 0.5) is 4.39 Å². The van der Waals surface area contributed by atoms with E-state index in [0.29, 0.717) is 11.4 Å². The summed E-state index contributed by atoms with van der Waals surface area (Å²) in [7, 11) is -0.749. The van der Waals surface area contributed by atoms with Crippen molar-refractivity contribution < 1.29 is 22.3 Å². The third-order valence-corrected chi connectivity index (χ3v) is 7.51. The highest BCUT2D eigenvalue weighted by molar-refractivity contribution is 7.89. The molecule has 2 N–H and O–H groups in total. The number of carbonyl (C=O) groups excluding carboxylic acids is 1. The van der Waals surface area contributed by atoms with Crippen molar-refractivity contribution in [3.63, 3.8) is 0 Å². The number of sulfonamides is 1. The highest BCUT2D eigenvalue weighted by Crippen LogP contribution is 2.28. The number of rotatable bonds is 8. The Bertz CT molecular complexity index is 1290. The summed E-state index contributed by atoms with van der Waals surface area (Å²) < 4.78 is 49.8. The number of aryl methyl sites for hydroxylation is 1. The fourth-order valence-corrected chi connectivity index (χ4v) is 5.71. The number of hydrogen-bond acceptors (Lipinski definition) is 5. The quantitative estimate of drug-likeness (QED) is 0.509. The van der Waals surface area contributed by atoms with Crippen LogP contribution < -0.4 is 14.8 Å². The van der Waals surface area contributed by atoms with E-state index in [1.807, 2.05) is 0 Å². The summed E-state index contributed by atoms with van der Waals surface area (Å²) in [5.74, 6) is -0.324. The summed E-state index contributed by atoms with van der Waals surface area (Å²) in [5.41, 5.74) is 0.634. The number of halogens is 1. The number of imidazole rings is 1. The minimum absolute atomic E-state index is 0.103. The molecule has 2 aromatic carbocycles. The molecule has 0 bridgehead atoms. The molecule has 0 saturated heterocycles. The van der Waals surface area contributed by atoms with Crippen LogP contribution in [-0.2, 0) is 17.1 Å². The molecule has 1 saturated carbocycles. The maximum atomic E-state index is 13.9. The first kappa shape index (κ1) is 23.9. The van der Waals surface area contributed by atoms with Crippen molar-refractivity contribution in [3.05, 3.63) is 77.6 Å². The van der Waals surface area contributed by atoms with Crippen LogP contribution in [0.3, 0.4) is 0 Å². The van der Waals surface area contributed by atoms with Gasteiger partial charge < -0.3 is 14.6 Å². The fraction of sp³-hybridized carbons (Fsp3) is 0.333. The van der Waals surface area contributed by atoms with E-state index in [-0.39, 0.29) is 22.3 Å². The predicted molar refractivity (Wildman–Crippen MR) is 124 cm³/mol. The zero-order valence-electron chi connectivity index (χ0n) is 19.0. The molecule has 1 atom stereocenters. The van der Waals surface area contributed by atoms with Crippen molar-refractivity contribution >= 4 is 15.9 Å². The zero-order chi connectivity index (χ0) is 24.3. The van der Waals surface area contributed by atoms with Gasteiger partial charge in [0.1, 0.15) is 28.3 Å². The molecule has 1 aliphatic rings. The first-order valence-corrected chi connectivity index (χ1v) is 12.5. The third kappa shape index (κ3) is 5.13. The van der Waals surface area contributed by atoms with Crippen molar-refractivity contribution in [3.8, 4) is 5.75 Å². The van der Waals surface area contributed by atoms with Gasteiger partial charge in [-0.15, -0.1) is 0 Å². The number of aromatic nitrogens is 2. The average molecular weight is 487 g/mol. The molecule has 1 aromatic heterocycles.